The van der Waals surface area contributed by atoms with Crippen LogP contribution in [0.15, 0.2) is 60.7 Å². The van der Waals surface area contributed by atoms with Crippen LogP contribution in [0.4, 0.5) is 10.3 Å². The van der Waals surface area contributed by atoms with E-state index >= 15 is 0 Å². The molecule has 2 heterocycles. The second-order valence-electron chi connectivity index (χ2n) is 8.44. The van der Waals surface area contributed by atoms with Crippen LogP contribution in [-0.2, 0) is 35.3 Å². The van der Waals surface area contributed by atoms with Crippen molar-refractivity contribution in [2.24, 2.45) is 0 Å². The smallest absolute Gasteiger partial charge is 0.255 e. The fraction of sp³-hybridized carbons (Fsp3) is 0.308. The highest BCUT2D eigenvalue weighted by Crippen LogP contribution is 2.20. The van der Waals surface area contributed by atoms with Crippen LogP contribution in [-0.4, -0.2) is 43.4 Å². The lowest BCUT2D eigenvalue weighted by Gasteiger charge is -2.09. The molecular formula is C26H28N6O3S2. The Bertz CT molecular complexity index is 1280. The van der Waals surface area contributed by atoms with Gasteiger partial charge in [0.15, 0.2) is 0 Å². The summed E-state index contributed by atoms with van der Waals surface area (Å²) in [6.07, 6.45) is 3.40. The summed E-state index contributed by atoms with van der Waals surface area (Å²) in [5.74, 6) is -0.566. The molecule has 0 unspecified atom stereocenters. The number of rotatable bonds is 13. The molecule has 3 N–H and O–H groups in total. The van der Waals surface area contributed by atoms with Crippen molar-refractivity contribution in [3.8, 4) is 0 Å². The van der Waals surface area contributed by atoms with Gasteiger partial charge in [-0.15, -0.1) is 20.4 Å². The van der Waals surface area contributed by atoms with E-state index in [4.69, 9.17) is 0 Å². The van der Waals surface area contributed by atoms with Gasteiger partial charge in [-0.25, -0.2) is 0 Å². The Hall–Kier alpha value is -3.54. The Morgan fingerprint density at radius 2 is 1.27 bits per heavy atom. The van der Waals surface area contributed by atoms with E-state index in [2.05, 4.69) is 31.0 Å². The number of anilines is 2. The fourth-order valence-electron chi connectivity index (χ4n) is 3.57. The van der Waals surface area contributed by atoms with Crippen molar-refractivity contribution in [3.05, 3.63) is 81.8 Å². The number of unbranched alkanes of at least 4 members (excludes halogenated alkanes) is 1. The molecule has 11 heteroatoms. The Morgan fingerprint density at radius 3 is 1.86 bits per heavy atom. The predicted molar refractivity (Wildman–Crippen MR) is 145 cm³/mol. The number of hydrogen-bond donors (Lipinski definition) is 3. The first-order valence-corrected chi connectivity index (χ1v) is 13.7. The third-order valence-corrected chi connectivity index (χ3v) is 7.30. The number of hydrogen-bond acceptors (Lipinski definition) is 9. The Kier molecular flexibility index (Phi) is 9.81. The molecular weight excluding hydrogens is 508 g/mol. The number of aliphatic hydroxyl groups is 1. The summed E-state index contributed by atoms with van der Waals surface area (Å²) >= 11 is 2.70. The van der Waals surface area contributed by atoms with Crippen molar-refractivity contribution in [1.82, 2.24) is 20.4 Å². The molecule has 0 radical (unpaired) electrons. The minimum atomic E-state index is -1.15. The third-order valence-electron chi connectivity index (χ3n) is 5.50. The molecule has 1 atom stereocenters. The van der Waals surface area contributed by atoms with Crippen molar-refractivity contribution >= 4 is 44.8 Å². The van der Waals surface area contributed by atoms with Crippen molar-refractivity contribution in [2.75, 3.05) is 10.6 Å². The molecule has 0 saturated heterocycles. The molecule has 0 aliphatic heterocycles. The quantitative estimate of drug-likeness (QED) is 0.220. The first kappa shape index (κ1) is 26.5. The van der Waals surface area contributed by atoms with Gasteiger partial charge < -0.3 is 10.4 Å². The fourth-order valence-corrected chi connectivity index (χ4v) is 5.15. The molecule has 192 valence electrons. The van der Waals surface area contributed by atoms with Gasteiger partial charge in [-0.05, 0) is 30.4 Å². The number of benzene rings is 2. The lowest BCUT2D eigenvalue weighted by molar-refractivity contribution is -0.124. The average Bonchev–Trinajstić information content (AvgIpc) is 3.55. The highest BCUT2D eigenvalue weighted by molar-refractivity contribution is 7.15. The molecule has 0 spiro atoms. The summed E-state index contributed by atoms with van der Waals surface area (Å²) < 4.78 is 0. The molecule has 37 heavy (non-hydrogen) atoms. The van der Waals surface area contributed by atoms with Crippen LogP contribution in [0.1, 0.15) is 40.4 Å². The molecule has 2 aromatic heterocycles. The van der Waals surface area contributed by atoms with E-state index in [1.54, 1.807) is 0 Å². The van der Waals surface area contributed by atoms with E-state index in [1.807, 2.05) is 60.7 Å². The average molecular weight is 537 g/mol. The van der Waals surface area contributed by atoms with E-state index in [0.29, 0.717) is 23.1 Å². The zero-order valence-electron chi connectivity index (χ0n) is 20.2. The van der Waals surface area contributed by atoms with Crippen molar-refractivity contribution in [1.29, 1.82) is 0 Å². The third kappa shape index (κ3) is 8.81. The SMILES string of the molecule is O=C(CCc1ccccc1)Nc1nnc(CCCCc2nnc(NC(=O)[C@H](O)Cc3ccccc3)s2)s1. The van der Waals surface area contributed by atoms with Gasteiger partial charge in [-0.2, -0.15) is 0 Å². The molecule has 0 saturated carbocycles. The maximum absolute atomic E-state index is 12.3. The molecule has 0 fully saturated rings. The van der Waals surface area contributed by atoms with E-state index in [-0.39, 0.29) is 12.3 Å². The maximum atomic E-state index is 12.3. The molecule has 0 aliphatic carbocycles. The first-order chi connectivity index (χ1) is 18.0. The normalized spacial score (nSPS) is 11.7. The highest BCUT2D eigenvalue weighted by atomic mass is 32.1. The van der Waals surface area contributed by atoms with Gasteiger partial charge in [0.05, 0.1) is 0 Å². The maximum Gasteiger partial charge on any atom is 0.255 e. The van der Waals surface area contributed by atoms with Crippen LogP contribution in [0, 0.1) is 0 Å². The Morgan fingerprint density at radius 1 is 0.730 bits per heavy atom. The highest BCUT2D eigenvalue weighted by Gasteiger charge is 2.17. The summed E-state index contributed by atoms with van der Waals surface area (Å²) in [7, 11) is 0. The lowest BCUT2D eigenvalue weighted by Crippen LogP contribution is -2.29. The van der Waals surface area contributed by atoms with Gasteiger partial charge in [0.2, 0.25) is 16.2 Å². The number of nitrogens with one attached hydrogen (secondary N) is 2. The number of nitrogens with zero attached hydrogens (tertiary/aromatic N) is 4. The van der Waals surface area contributed by atoms with E-state index in [1.165, 1.54) is 22.7 Å². The number of aryl methyl sites for hydroxylation is 3. The van der Waals surface area contributed by atoms with Crippen LogP contribution in [0.2, 0.25) is 0 Å². The second-order valence-corrected chi connectivity index (χ2v) is 10.6. The minimum Gasteiger partial charge on any atom is -0.383 e. The van der Waals surface area contributed by atoms with Crippen molar-refractivity contribution in [2.45, 2.75) is 51.0 Å². The molecule has 4 rings (SSSR count). The topological polar surface area (TPSA) is 130 Å². The van der Waals surface area contributed by atoms with Crippen LogP contribution < -0.4 is 10.6 Å². The Labute approximate surface area is 223 Å². The zero-order valence-corrected chi connectivity index (χ0v) is 21.8. The number of amides is 2. The largest absolute Gasteiger partial charge is 0.383 e. The number of carbonyl (C=O) groups excluding carboxylic acids is 2. The van der Waals surface area contributed by atoms with E-state index in [9.17, 15) is 14.7 Å². The van der Waals surface area contributed by atoms with Crippen molar-refractivity contribution < 1.29 is 14.7 Å². The van der Waals surface area contributed by atoms with Crippen LogP contribution in [0.5, 0.6) is 0 Å². The summed E-state index contributed by atoms with van der Waals surface area (Å²) in [5.41, 5.74) is 2.01. The number of aromatic nitrogens is 4. The van der Waals surface area contributed by atoms with Gasteiger partial charge >= 0.3 is 0 Å². The predicted octanol–water partition coefficient (Wildman–Crippen LogP) is 4.07. The lowest BCUT2D eigenvalue weighted by atomic mass is 10.1. The molecule has 0 aliphatic rings. The molecule has 4 aromatic rings. The van der Waals surface area contributed by atoms with Crippen LogP contribution in [0.3, 0.4) is 0 Å². The van der Waals surface area contributed by atoms with Gasteiger partial charge in [-0.3, -0.25) is 14.9 Å². The minimum absolute atomic E-state index is 0.0710. The summed E-state index contributed by atoms with van der Waals surface area (Å²) in [4.78, 5) is 24.4. The molecule has 2 amide bonds. The van der Waals surface area contributed by atoms with E-state index in [0.717, 1.165) is 46.8 Å². The molecule has 0 bridgehead atoms. The van der Waals surface area contributed by atoms with Gasteiger partial charge in [0, 0.05) is 25.7 Å². The standard InChI is InChI=1S/C26H28N6O3S2/c33-20(17-19-11-5-2-6-12-19)24(35)28-26-32-30-23(37-26)14-8-7-13-22-29-31-25(36-22)27-21(34)16-15-18-9-3-1-4-10-18/h1-6,9-12,20,33H,7-8,13-17H2,(H,27,31,34)(H,28,32,35)/t20-/m1/s1. The van der Waals surface area contributed by atoms with Crippen LogP contribution in [0.25, 0.3) is 0 Å². The summed E-state index contributed by atoms with van der Waals surface area (Å²) in [6.45, 7) is 0. The van der Waals surface area contributed by atoms with Gasteiger partial charge in [-0.1, -0.05) is 83.3 Å². The monoisotopic (exact) mass is 536 g/mol. The van der Waals surface area contributed by atoms with Crippen LogP contribution >= 0.6 is 22.7 Å². The molecule has 9 nitrogen and oxygen atoms in total. The van der Waals surface area contributed by atoms with Crippen molar-refractivity contribution in [3.63, 3.8) is 0 Å². The molecule has 2 aromatic carbocycles. The summed E-state index contributed by atoms with van der Waals surface area (Å²) in [6, 6.07) is 19.3. The number of aliphatic hydroxyl groups excluding tert-OH is 1. The first-order valence-electron chi connectivity index (χ1n) is 12.1. The second kappa shape index (κ2) is 13.7. The van der Waals surface area contributed by atoms with Gasteiger partial charge in [0.25, 0.3) is 5.91 Å². The number of carbonyl (C=O) groups is 2. The summed E-state index contributed by atoms with van der Waals surface area (Å²) in [5, 5.41) is 34.6. The van der Waals surface area contributed by atoms with Gasteiger partial charge in [0.1, 0.15) is 16.1 Å². The Balaban J connectivity index is 1.13. The van der Waals surface area contributed by atoms with E-state index < -0.39 is 12.0 Å². The zero-order chi connectivity index (χ0) is 25.9.